The molecular weight excluding hydrogens is 350 g/mol. The molecular formula is C20H32ClN3O2. The van der Waals surface area contributed by atoms with Crippen molar-refractivity contribution in [2.24, 2.45) is 5.92 Å². The summed E-state index contributed by atoms with van der Waals surface area (Å²) in [5.41, 5.74) is 0.967. The number of rotatable bonds is 8. The number of benzene rings is 1. The van der Waals surface area contributed by atoms with Gasteiger partial charge in [-0.1, -0.05) is 43.7 Å². The predicted octanol–water partition coefficient (Wildman–Crippen LogP) is 2.39. The molecule has 1 heterocycles. The van der Waals surface area contributed by atoms with Gasteiger partial charge in [-0.05, 0) is 44.3 Å². The van der Waals surface area contributed by atoms with E-state index in [1.807, 2.05) is 49.2 Å². The molecule has 1 fully saturated rings. The standard InChI is InChI=1S/C20H31N3O2.ClH/c1-3-8-18(22-19(24)13-16-9-5-4-6-10-16)20(25)23-12-7-11-17(15-23)14-21-2;/h4-6,9-10,17-18,21H,3,7-8,11-15H2,1-2H3,(H,22,24);1H. The van der Waals surface area contributed by atoms with Gasteiger partial charge in [0.15, 0.2) is 0 Å². The van der Waals surface area contributed by atoms with Gasteiger partial charge in [-0.3, -0.25) is 9.59 Å². The lowest BCUT2D eigenvalue weighted by molar-refractivity contribution is -0.138. The topological polar surface area (TPSA) is 61.4 Å². The van der Waals surface area contributed by atoms with Gasteiger partial charge >= 0.3 is 0 Å². The SMILES string of the molecule is CCCC(NC(=O)Cc1ccccc1)C(=O)N1CCCC(CNC)C1.Cl. The number of halogens is 1. The molecule has 0 aliphatic carbocycles. The van der Waals surface area contributed by atoms with Crippen LogP contribution in [-0.2, 0) is 16.0 Å². The van der Waals surface area contributed by atoms with Crippen molar-refractivity contribution in [3.05, 3.63) is 35.9 Å². The number of hydrogen-bond acceptors (Lipinski definition) is 3. The molecule has 2 rings (SSSR count). The average molecular weight is 382 g/mol. The number of amides is 2. The van der Waals surface area contributed by atoms with E-state index in [9.17, 15) is 9.59 Å². The first-order valence-electron chi connectivity index (χ1n) is 9.40. The first-order chi connectivity index (χ1) is 12.1. The van der Waals surface area contributed by atoms with Gasteiger partial charge in [-0.25, -0.2) is 0 Å². The van der Waals surface area contributed by atoms with Crippen LogP contribution in [0.15, 0.2) is 30.3 Å². The molecule has 2 atom stereocenters. The monoisotopic (exact) mass is 381 g/mol. The third kappa shape index (κ3) is 6.96. The summed E-state index contributed by atoms with van der Waals surface area (Å²) >= 11 is 0. The van der Waals surface area contributed by atoms with Crippen LogP contribution in [0.2, 0.25) is 0 Å². The fourth-order valence-electron chi connectivity index (χ4n) is 3.51. The maximum absolute atomic E-state index is 12.9. The van der Waals surface area contributed by atoms with E-state index in [4.69, 9.17) is 0 Å². The molecule has 146 valence electrons. The predicted molar refractivity (Wildman–Crippen MR) is 107 cm³/mol. The maximum atomic E-state index is 12.9. The molecule has 0 saturated carbocycles. The molecule has 5 nitrogen and oxygen atoms in total. The molecule has 1 aliphatic heterocycles. The van der Waals surface area contributed by atoms with Crippen molar-refractivity contribution in [2.75, 3.05) is 26.7 Å². The molecule has 26 heavy (non-hydrogen) atoms. The second-order valence-corrected chi connectivity index (χ2v) is 6.92. The maximum Gasteiger partial charge on any atom is 0.245 e. The largest absolute Gasteiger partial charge is 0.344 e. The number of hydrogen-bond donors (Lipinski definition) is 2. The van der Waals surface area contributed by atoms with Crippen LogP contribution in [-0.4, -0.2) is 49.4 Å². The average Bonchev–Trinajstić information content (AvgIpc) is 2.62. The van der Waals surface area contributed by atoms with Crippen molar-refractivity contribution in [3.8, 4) is 0 Å². The number of nitrogens with one attached hydrogen (secondary N) is 2. The number of carbonyl (C=O) groups excluding carboxylic acids is 2. The summed E-state index contributed by atoms with van der Waals surface area (Å²) in [5.74, 6) is 0.496. The molecule has 1 saturated heterocycles. The highest BCUT2D eigenvalue weighted by molar-refractivity contribution is 5.88. The Balaban J connectivity index is 0.00000338. The smallest absolute Gasteiger partial charge is 0.245 e. The van der Waals surface area contributed by atoms with Crippen molar-refractivity contribution in [1.82, 2.24) is 15.5 Å². The van der Waals surface area contributed by atoms with E-state index in [1.54, 1.807) is 0 Å². The highest BCUT2D eigenvalue weighted by Crippen LogP contribution is 2.17. The zero-order valence-electron chi connectivity index (χ0n) is 15.9. The zero-order chi connectivity index (χ0) is 18.1. The molecule has 1 aromatic carbocycles. The van der Waals surface area contributed by atoms with Gasteiger partial charge in [0.25, 0.3) is 0 Å². The summed E-state index contributed by atoms with van der Waals surface area (Å²) in [6.45, 7) is 4.56. The van der Waals surface area contributed by atoms with Crippen LogP contribution in [0.5, 0.6) is 0 Å². The quantitative estimate of drug-likeness (QED) is 0.726. The van der Waals surface area contributed by atoms with Crippen molar-refractivity contribution in [3.63, 3.8) is 0 Å². The van der Waals surface area contributed by atoms with Gasteiger partial charge < -0.3 is 15.5 Å². The summed E-state index contributed by atoms with van der Waals surface area (Å²) in [5, 5.41) is 6.17. The Hall–Kier alpha value is -1.59. The van der Waals surface area contributed by atoms with E-state index in [0.29, 0.717) is 18.8 Å². The van der Waals surface area contributed by atoms with E-state index in [2.05, 4.69) is 10.6 Å². The minimum absolute atomic E-state index is 0. The first-order valence-corrected chi connectivity index (χ1v) is 9.40. The van der Waals surface area contributed by atoms with Crippen LogP contribution in [0.1, 0.15) is 38.2 Å². The Morgan fingerprint density at radius 1 is 1.27 bits per heavy atom. The molecule has 2 N–H and O–H groups in total. The fourth-order valence-corrected chi connectivity index (χ4v) is 3.51. The number of nitrogens with zero attached hydrogens (tertiary/aromatic N) is 1. The van der Waals surface area contributed by atoms with Gasteiger partial charge in [0, 0.05) is 13.1 Å². The Morgan fingerprint density at radius 3 is 2.65 bits per heavy atom. The Morgan fingerprint density at radius 2 is 2.00 bits per heavy atom. The third-order valence-electron chi connectivity index (χ3n) is 4.74. The van der Waals surface area contributed by atoms with Crippen LogP contribution in [0.25, 0.3) is 0 Å². The lowest BCUT2D eigenvalue weighted by atomic mass is 9.97. The highest BCUT2D eigenvalue weighted by Gasteiger charge is 2.29. The third-order valence-corrected chi connectivity index (χ3v) is 4.74. The minimum atomic E-state index is -0.408. The highest BCUT2D eigenvalue weighted by atomic mass is 35.5. The molecule has 6 heteroatoms. The zero-order valence-corrected chi connectivity index (χ0v) is 16.7. The van der Waals surface area contributed by atoms with Crippen molar-refractivity contribution in [1.29, 1.82) is 0 Å². The summed E-state index contributed by atoms with van der Waals surface area (Å²) in [6, 6.07) is 9.24. The fraction of sp³-hybridized carbons (Fsp3) is 0.600. The Kier molecular flexibility index (Phi) is 10.3. The van der Waals surface area contributed by atoms with Gasteiger partial charge in [0.2, 0.25) is 11.8 Å². The molecule has 1 aliphatic rings. The number of carbonyl (C=O) groups is 2. The van der Waals surface area contributed by atoms with Crippen LogP contribution in [0.3, 0.4) is 0 Å². The lowest BCUT2D eigenvalue weighted by Crippen LogP contribution is -2.52. The van der Waals surface area contributed by atoms with Crippen LogP contribution in [0, 0.1) is 5.92 Å². The number of piperidine rings is 1. The molecule has 1 aromatic rings. The summed E-state index contributed by atoms with van der Waals surface area (Å²) in [6.07, 6.45) is 4.07. The van der Waals surface area contributed by atoms with Crippen LogP contribution < -0.4 is 10.6 Å². The molecule has 0 bridgehead atoms. The van der Waals surface area contributed by atoms with Gasteiger partial charge in [-0.15, -0.1) is 12.4 Å². The van der Waals surface area contributed by atoms with Crippen LogP contribution >= 0.6 is 12.4 Å². The van der Waals surface area contributed by atoms with Crippen LogP contribution in [0.4, 0.5) is 0 Å². The van der Waals surface area contributed by atoms with E-state index < -0.39 is 6.04 Å². The first kappa shape index (κ1) is 22.5. The van der Waals surface area contributed by atoms with Gasteiger partial charge in [-0.2, -0.15) is 0 Å². The van der Waals surface area contributed by atoms with E-state index in [1.165, 1.54) is 0 Å². The summed E-state index contributed by atoms with van der Waals surface area (Å²) in [4.78, 5) is 27.2. The number of likely N-dealkylation sites (tertiary alicyclic amines) is 1. The molecule has 2 amide bonds. The molecule has 0 aromatic heterocycles. The molecule has 0 radical (unpaired) electrons. The second kappa shape index (κ2) is 11.9. The van der Waals surface area contributed by atoms with Crippen molar-refractivity contribution in [2.45, 2.75) is 45.1 Å². The second-order valence-electron chi connectivity index (χ2n) is 6.92. The summed E-state index contributed by atoms with van der Waals surface area (Å²) in [7, 11) is 1.95. The van der Waals surface area contributed by atoms with Crippen molar-refractivity contribution < 1.29 is 9.59 Å². The van der Waals surface area contributed by atoms with E-state index in [0.717, 1.165) is 44.5 Å². The van der Waals surface area contributed by atoms with Gasteiger partial charge in [0.05, 0.1) is 6.42 Å². The summed E-state index contributed by atoms with van der Waals surface area (Å²) < 4.78 is 0. The molecule has 0 spiro atoms. The van der Waals surface area contributed by atoms with E-state index >= 15 is 0 Å². The lowest BCUT2D eigenvalue weighted by Gasteiger charge is -2.35. The minimum Gasteiger partial charge on any atom is -0.344 e. The normalized spacial score (nSPS) is 17.9. The van der Waals surface area contributed by atoms with Gasteiger partial charge in [0.1, 0.15) is 6.04 Å². The van der Waals surface area contributed by atoms with Crippen molar-refractivity contribution >= 4 is 24.2 Å². The molecule has 2 unspecified atom stereocenters. The van der Waals surface area contributed by atoms with E-state index in [-0.39, 0.29) is 24.2 Å². The Labute approximate surface area is 163 Å². The Bertz CT molecular complexity index is 551.